The first-order chi connectivity index (χ1) is 10.7. The molecule has 1 heterocycles. The zero-order valence-corrected chi connectivity index (χ0v) is 16.8. The Morgan fingerprint density at radius 2 is 1.26 bits per heavy atom. The molecule has 0 aromatic rings. The molecule has 0 N–H and O–H groups in total. The van der Waals surface area contributed by atoms with E-state index in [1.54, 1.807) is 0 Å². The summed E-state index contributed by atoms with van der Waals surface area (Å²) in [4.78, 5) is 2.39. The standard InChI is InChI=1S/C20H41NO.ClH/c1-4-5-6-7-8-9-10-11-12-13-14-15-16-19(21(2)3)17-20-18-22-20;/h19-20H,4-18H2,1-3H3;1H. The molecular formula is C20H42ClNO. The van der Waals surface area contributed by atoms with E-state index in [-0.39, 0.29) is 12.4 Å². The van der Waals surface area contributed by atoms with Crippen LogP contribution in [0.15, 0.2) is 0 Å². The molecule has 0 radical (unpaired) electrons. The first-order valence-electron chi connectivity index (χ1n) is 10.0. The normalized spacial score (nSPS) is 18.0. The average molecular weight is 348 g/mol. The molecule has 1 saturated heterocycles. The Morgan fingerprint density at radius 3 is 1.65 bits per heavy atom. The van der Waals surface area contributed by atoms with Gasteiger partial charge in [-0.15, -0.1) is 12.4 Å². The zero-order valence-electron chi connectivity index (χ0n) is 16.0. The first kappa shape index (κ1) is 23.2. The molecule has 2 atom stereocenters. The maximum absolute atomic E-state index is 5.38. The van der Waals surface area contributed by atoms with Crippen LogP contribution < -0.4 is 0 Å². The molecule has 0 bridgehead atoms. The maximum atomic E-state index is 5.38. The smallest absolute Gasteiger partial charge is 0.0824 e. The van der Waals surface area contributed by atoms with Gasteiger partial charge in [0.25, 0.3) is 0 Å². The van der Waals surface area contributed by atoms with Crippen molar-refractivity contribution in [2.24, 2.45) is 0 Å². The van der Waals surface area contributed by atoms with E-state index in [4.69, 9.17) is 4.74 Å². The number of nitrogens with zero attached hydrogens (tertiary/aromatic N) is 1. The van der Waals surface area contributed by atoms with Crippen molar-refractivity contribution in [1.29, 1.82) is 0 Å². The fraction of sp³-hybridized carbons (Fsp3) is 1.00. The van der Waals surface area contributed by atoms with Crippen molar-refractivity contribution in [3.05, 3.63) is 0 Å². The third-order valence-corrected chi connectivity index (χ3v) is 5.06. The summed E-state index contributed by atoms with van der Waals surface area (Å²) in [5.74, 6) is 0. The second-order valence-corrected chi connectivity index (χ2v) is 7.49. The minimum absolute atomic E-state index is 0. The van der Waals surface area contributed by atoms with Crippen LogP contribution in [0.5, 0.6) is 0 Å². The van der Waals surface area contributed by atoms with Gasteiger partial charge in [-0.1, -0.05) is 84.0 Å². The molecule has 0 aromatic carbocycles. The number of unbranched alkanes of at least 4 members (excludes halogenated alkanes) is 11. The van der Waals surface area contributed by atoms with Gasteiger partial charge in [0.2, 0.25) is 0 Å². The van der Waals surface area contributed by atoms with E-state index in [1.807, 2.05) is 0 Å². The third-order valence-electron chi connectivity index (χ3n) is 5.06. The molecule has 140 valence electrons. The molecule has 2 unspecified atom stereocenters. The summed E-state index contributed by atoms with van der Waals surface area (Å²) in [6.07, 6.45) is 20.4. The van der Waals surface area contributed by atoms with Crippen LogP contribution in [0.1, 0.15) is 96.8 Å². The number of hydrogen-bond acceptors (Lipinski definition) is 2. The van der Waals surface area contributed by atoms with Crippen LogP contribution in [0.4, 0.5) is 0 Å². The van der Waals surface area contributed by atoms with Crippen molar-refractivity contribution in [1.82, 2.24) is 4.90 Å². The minimum atomic E-state index is 0. The van der Waals surface area contributed by atoms with Crippen LogP contribution in [0.2, 0.25) is 0 Å². The van der Waals surface area contributed by atoms with Gasteiger partial charge < -0.3 is 9.64 Å². The van der Waals surface area contributed by atoms with Crippen molar-refractivity contribution in [2.75, 3.05) is 20.7 Å². The first-order valence-corrected chi connectivity index (χ1v) is 10.0. The molecule has 1 aliphatic heterocycles. The Kier molecular flexibility index (Phi) is 15.9. The van der Waals surface area contributed by atoms with Gasteiger partial charge in [0, 0.05) is 6.04 Å². The summed E-state index contributed by atoms with van der Waals surface area (Å²) in [5, 5.41) is 0. The van der Waals surface area contributed by atoms with Gasteiger partial charge >= 0.3 is 0 Å². The topological polar surface area (TPSA) is 15.8 Å². The molecule has 0 aliphatic carbocycles. The van der Waals surface area contributed by atoms with Crippen LogP contribution in [-0.2, 0) is 4.74 Å². The Balaban J connectivity index is 0.00000484. The average Bonchev–Trinajstić information content (AvgIpc) is 3.31. The quantitative estimate of drug-likeness (QED) is 0.243. The zero-order chi connectivity index (χ0) is 16.0. The lowest BCUT2D eigenvalue weighted by Gasteiger charge is -2.23. The van der Waals surface area contributed by atoms with Crippen molar-refractivity contribution < 1.29 is 4.74 Å². The highest BCUT2D eigenvalue weighted by atomic mass is 35.5. The number of rotatable bonds is 16. The molecule has 1 rings (SSSR count). The van der Waals surface area contributed by atoms with E-state index in [0.717, 1.165) is 12.6 Å². The third kappa shape index (κ3) is 14.3. The number of halogens is 1. The predicted octanol–water partition coefficient (Wildman–Crippen LogP) is 6.22. The molecule has 1 fully saturated rings. The SMILES string of the molecule is CCCCCCCCCCCCCCC(CC1CO1)N(C)C.Cl. The van der Waals surface area contributed by atoms with E-state index >= 15 is 0 Å². The highest BCUT2D eigenvalue weighted by molar-refractivity contribution is 5.85. The van der Waals surface area contributed by atoms with Crippen LogP contribution in [-0.4, -0.2) is 37.7 Å². The fourth-order valence-corrected chi connectivity index (χ4v) is 3.32. The fourth-order valence-electron chi connectivity index (χ4n) is 3.32. The van der Waals surface area contributed by atoms with Crippen molar-refractivity contribution in [3.63, 3.8) is 0 Å². The summed E-state index contributed by atoms with van der Waals surface area (Å²) in [6, 6.07) is 0.732. The molecule has 1 aliphatic rings. The Labute approximate surface area is 152 Å². The molecule has 0 amide bonds. The molecular weight excluding hydrogens is 306 g/mol. The van der Waals surface area contributed by atoms with Gasteiger partial charge in [0.1, 0.15) is 0 Å². The van der Waals surface area contributed by atoms with Crippen LogP contribution in [0, 0.1) is 0 Å². The van der Waals surface area contributed by atoms with E-state index in [9.17, 15) is 0 Å². The van der Waals surface area contributed by atoms with Crippen LogP contribution in [0.25, 0.3) is 0 Å². The van der Waals surface area contributed by atoms with Gasteiger partial charge in [-0.05, 0) is 26.9 Å². The van der Waals surface area contributed by atoms with Crippen molar-refractivity contribution >= 4 is 12.4 Å². The molecule has 2 nitrogen and oxygen atoms in total. The maximum Gasteiger partial charge on any atom is 0.0824 e. The van der Waals surface area contributed by atoms with Gasteiger partial charge in [0.15, 0.2) is 0 Å². The monoisotopic (exact) mass is 347 g/mol. The molecule has 23 heavy (non-hydrogen) atoms. The number of epoxide rings is 1. The Morgan fingerprint density at radius 1 is 0.826 bits per heavy atom. The molecule has 0 aromatic heterocycles. The van der Waals surface area contributed by atoms with E-state index in [2.05, 4.69) is 25.9 Å². The van der Waals surface area contributed by atoms with Gasteiger partial charge in [-0.25, -0.2) is 0 Å². The summed E-state index contributed by atoms with van der Waals surface area (Å²) in [6.45, 7) is 3.29. The second kappa shape index (κ2) is 15.7. The highest BCUT2D eigenvalue weighted by Crippen LogP contribution is 2.21. The number of ether oxygens (including phenoxy) is 1. The predicted molar refractivity (Wildman–Crippen MR) is 105 cm³/mol. The van der Waals surface area contributed by atoms with E-state index in [1.165, 1.54) is 89.9 Å². The van der Waals surface area contributed by atoms with E-state index < -0.39 is 0 Å². The summed E-state index contributed by atoms with van der Waals surface area (Å²) >= 11 is 0. The van der Waals surface area contributed by atoms with E-state index in [0.29, 0.717) is 6.10 Å². The summed E-state index contributed by atoms with van der Waals surface area (Å²) in [7, 11) is 4.43. The summed E-state index contributed by atoms with van der Waals surface area (Å²) < 4.78 is 5.38. The number of hydrogen-bond donors (Lipinski definition) is 0. The minimum Gasteiger partial charge on any atom is -0.373 e. The van der Waals surface area contributed by atoms with Crippen molar-refractivity contribution in [3.8, 4) is 0 Å². The molecule has 3 heteroatoms. The lowest BCUT2D eigenvalue weighted by molar-refractivity contribution is 0.235. The summed E-state index contributed by atoms with van der Waals surface area (Å²) in [5.41, 5.74) is 0. The molecule has 0 saturated carbocycles. The second-order valence-electron chi connectivity index (χ2n) is 7.49. The molecule has 0 spiro atoms. The van der Waals surface area contributed by atoms with Crippen LogP contribution in [0.3, 0.4) is 0 Å². The largest absolute Gasteiger partial charge is 0.373 e. The highest BCUT2D eigenvalue weighted by Gasteiger charge is 2.27. The van der Waals surface area contributed by atoms with Crippen LogP contribution >= 0.6 is 12.4 Å². The van der Waals surface area contributed by atoms with Gasteiger partial charge in [-0.2, -0.15) is 0 Å². The van der Waals surface area contributed by atoms with Crippen molar-refractivity contribution in [2.45, 2.75) is 109 Å². The lowest BCUT2D eigenvalue weighted by atomic mass is 10.0. The van der Waals surface area contributed by atoms with Gasteiger partial charge in [-0.3, -0.25) is 0 Å². The van der Waals surface area contributed by atoms with Gasteiger partial charge in [0.05, 0.1) is 12.7 Å². The lowest BCUT2D eigenvalue weighted by Crippen LogP contribution is -2.29. The Hall–Kier alpha value is 0.210. The Bertz CT molecular complexity index is 244.